The molecule has 2 aliphatic rings. The van der Waals surface area contributed by atoms with Crippen LogP contribution in [-0.4, -0.2) is 65.3 Å². The second kappa shape index (κ2) is 10.9. The molecule has 4 heterocycles. The Bertz CT molecular complexity index is 1540. The highest BCUT2D eigenvalue weighted by atomic mass is 16.5. The number of methoxy groups -OCH3 is 1. The molecular weight excluding hydrogens is 490 g/mol. The Balaban J connectivity index is 1.18. The molecule has 200 valence electrons. The quantitative estimate of drug-likeness (QED) is 0.339. The van der Waals surface area contributed by atoms with Crippen molar-refractivity contribution in [1.29, 1.82) is 0 Å². The number of nitrogens with zero attached hydrogens (tertiary/aromatic N) is 5. The van der Waals surface area contributed by atoms with E-state index >= 15 is 0 Å². The number of aryl methyl sites for hydroxylation is 1. The van der Waals surface area contributed by atoms with Gasteiger partial charge in [-0.2, -0.15) is 0 Å². The molecule has 0 atom stereocenters. The van der Waals surface area contributed by atoms with Gasteiger partial charge in [0.25, 0.3) is 0 Å². The van der Waals surface area contributed by atoms with Crippen LogP contribution in [0.5, 0.6) is 5.75 Å². The molecule has 0 N–H and O–H groups in total. The van der Waals surface area contributed by atoms with Crippen molar-refractivity contribution >= 4 is 28.6 Å². The standard InChI is InChI=1S/C31H33N5O3/c1-22-19-36(21-32-22)29-10-5-23(17-30(29)38-2)16-25-4-3-11-35(31(25)37)20-26-7-6-24-18-27(8-9-28(24)33-26)34-12-14-39-15-13-34/h5-10,16-19,21H,3-4,11-15,20H2,1-2H3/b25-16+. The number of rotatable bonds is 6. The number of benzene rings is 2. The van der Waals surface area contributed by atoms with Gasteiger partial charge in [-0.3, -0.25) is 9.78 Å². The summed E-state index contributed by atoms with van der Waals surface area (Å²) in [4.78, 5) is 26.9. The van der Waals surface area contributed by atoms with E-state index in [0.717, 1.165) is 90.6 Å². The molecule has 8 heteroatoms. The van der Waals surface area contributed by atoms with Gasteiger partial charge in [-0.1, -0.05) is 12.1 Å². The fourth-order valence-corrected chi connectivity index (χ4v) is 5.37. The number of ether oxygens (including phenoxy) is 2. The molecule has 2 aromatic carbocycles. The molecule has 0 radical (unpaired) electrons. The summed E-state index contributed by atoms with van der Waals surface area (Å²) in [5.74, 6) is 0.804. The molecule has 2 aliphatic heterocycles. The molecule has 0 bridgehead atoms. The number of morpholine rings is 1. The maximum Gasteiger partial charge on any atom is 0.250 e. The van der Waals surface area contributed by atoms with Crippen molar-refractivity contribution in [2.45, 2.75) is 26.3 Å². The Labute approximate surface area is 228 Å². The predicted octanol–water partition coefficient (Wildman–Crippen LogP) is 4.78. The summed E-state index contributed by atoms with van der Waals surface area (Å²) < 4.78 is 13.1. The minimum atomic E-state index is 0.0686. The maximum absolute atomic E-state index is 13.4. The maximum atomic E-state index is 13.4. The number of aromatic nitrogens is 3. The molecule has 0 unspecified atom stereocenters. The third kappa shape index (κ3) is 5.38. The lowest BCUT2D eigenvalue weighted by Gasteiger charge is -2.29. The Morgan fingerprint density at radius 1 is 1.05 bits per heavy atom. The summed E-state index contributed by atoms with van der Waals surface area (Å²) in [5.41, 5.74) is 6.66. The molecule has 2 aromatic heterocycles. The summed E-state index contributed by atoms with van der Waals surface area (Å²) in [5, 5.41) is 1.11. The summed E-state index contributed by atoms with van der Waals surface area (Å²) in [7, 11) is 1.66. The van der Waals surface area contributed by atoms with Crippen LogP contribution in [0.1, 0.15) is 29.8 Å². The first-order chi connectivity index (χ1) is 19.1. The van der Waals surface area contributed by atoms with Gasteiger partial charge in [0, 0.05) is 42.5 Å². The van der Waals surface area contributed by atoms with Crippen LogP contribution >= 0.6 is 0 Å². The van der Waals surface area contributed by atoms with E-state index in [0.29, 0.717) is 6.54 Å². The molecular formula is C31H33N5O3. The number of fused-ring (bicyclic) bond motifs is 1. The molecule has 39 heavy (non-hydrogen) atoms. The zero-order valence-electron chi connectivity index (χ0n) is 22.5. The third-order valence-corrected chi connectivity index (χ3v) is 7.43. The van der Waals surface area contributed by atoms with Gasteiger partial charge in [-0.05, 0) is 67.8 Å². The number of piperidine rings is 1. The lowest BCUT2D eigenvalue weighted by atomic mass is 10.00. The van der Waals surface area contributed by atoms with E-state index in [1.807, 2.05) is 52.9 Å². The van der Waals surface area contributed by atoms with Gasteiger partial charge in [0.2, 0.25) is 5.91 Å². The second-order valence-electron chi connectivity index (χ2n) is 10.1. The molecule has 4 aromatic rings. The van der Waals surface area contributed by atoms with Crippen molar-refractivity contribution in [1.82, 2.24) is 19.4 Å². The van der Waals surface area contributed by atoms with E-state index in [4.69, 9.17) is 14.5 Å². The highest BCUT2D eigenvalue weighted by molar-refractivity contribution is 5.98. The second-order valence-corrected chi connectivity index (χ2v) is 10.1. The van der Waals surface area contributed by atoms with Crippen molar-refractivity contribution in [2.24, 2.45) is 0 Å². The van der Waals surface area contributed by atoms with Crippen molar-refractivity contribution in [3.63, 3.8) is 0 Å². The minimum Gasteiger partial charge on any atom is -0.495 e. The van der Waals surface area contributed by atoms with Crippen LogP contribution in [0.3, 0.4) is 0 Å². The van der Waals surface area contributed by atoms with Crippen molar-refractivity contribution < 1.29 is 14.3 Å². The highest BCUT2D eigenvalue weighted by Crippen LogP contribution is 2.28. The van der Waals surface area contributed by atoms with Gasteiger partial charge in [0.1, 0.15) is 5.75 Å². The van der Waals surface area contributed by atoms with E-state index in [1.165, 1.54) is 5.69 Å². The van der Waals surface area contributed by atoms with Crippen LogP contribution in [0.15, 0.2) is 66.6 Å². The first-order valence-electron chi connectivity index (χ1n) is 13.5. The number of carbonyl (C=O) groups is 1. The lowest BCUT2D eigenvalue weighted by molar-refractivity contribution is -0.129. The summed E-state index contributed by atoms with van der Waals surface area (Å²) in [6, 6.07) is 16.5. The van der Waals surface area contributed by atoms with Crippen molar-refractivity contribution in [3.05, 3.63) is 83.6 Å². The molecule has 1 amide bonds. The van der Waals surface area contributed by atoms with E-state index in [9.17, 15) is 4.79 Å². The van der Waals surface area contributed by atoms with Crippen molar-refractivity contribution in [3.8, 4) is 11.4 Å². The smallest absolute Gasteiger partial charge is 0.250 e. The topological polar surface area (TPSA) is 72.7 Å². The average Bonchev–Trinajstić information content (AvgIpc) is 3.41. The molecule has 0 aliphatic carbocycles. The van der Waals surface area contributed by atoms with Crippen LogP contribution in [0.2, 0.25) is 0 Å². The number of anilines is 1. The summed E-state index contributed by atoms with van der Waals surface area (Å²) in [6.45, 7) is 6.53. The van der Waals surface area contributed by atoms with Crippen LogP contribution < -0.4 is 9.64 Å². The number of amides is 1. The van der Waals surface area contributed by atoms with Crippen LogP contribution in [-0.2, 0) is 16.1 Å². The third-order valence-electron chi connectivity index (χ3n) is 7.43. The molecule has 0 saturated carbocycles. The Morgan fingerprint density at radius 3 is 2.72 bits per heavy atom. The fraction of sp³-hybridized carbons (Fsp3) is 0.323. The van der Waals surface area contributed by atoms with E-state index in [2.05, 4.69) is 34.1 Å². The fourth-order valence-electron chi connectivity index (χ4n) is 5.37. The Kier molecular flexibility index (Phi) is 7.02. The largest absolute Gasteiger partial charge is 0.495 e. The van der Waals surface area contributed by atoms with Gasteiger partial charge in [0.05, 0.1) is 55.8 Å². The van der Waals surface area contributed by atoms with Crippen LogP contribution in [0.25, 0.3) is 22.7 Å². The van der Waals surface area contributed by atoms with Crippen LogP contribution in [0.4, 0.5) is 5.69 Å². The first kappa shape index (κ1) is 25.1. The normalized spacial score (nSPS) is 17.3. The predicted molar refractivity (Wildman–Crippen MR) is 152 cm³/mol. The number of carbonyl (C=O) groups excluding carboxylic acids is 1. The van der Waals surface area contributed by atoms with Gasteiger partial charge in [-0.15, -0.1) is 0 Å². The number of hydrogen-bond donors (Lipinski definition) is 0. The zero-order chi connectivity index (χ0) is 26.8. The summed E-state index contributed by atoms with van der Waals surface area (Å²) in [6.07, 6.45) is 7.41. The molecule has 2 fully saturated rings. The first-order valence-corrected chi connectivity index (χ1v) is 13.5. The minimum absolute atomic E-state index is 0.0686. The monoisotopic (exact) mass is 523 g/mol. The van der Waals surface area contributed by atoms with E-state index in [-0.39, 0.29) is 5.91 Å². The number of likely N-dealkylation sites (tertiary alicyclic amines) is 1. The number of hydrogen-bond acceptors (Lipinski definition) is 6. The Morgan fingerprint density at radius 2 is 1.92 bits per heavy atom. The van der Waals surface area contributed by atoms with Gasteiger partial charge in [0.15, 0.2) is 0 Å². The molecule has 6 rings (SSSR count). The molecule has 8 nitrogen and oxygen atoms in total. The van der Waals surface area contributed by atoms with Crippen LogP contribution in [0, 0.1) is 6.92 Å². The van der Waals surface area contributed by atoms with Gasteiger partial charge < -0.3 is 23.8 Å². The summed E-state index contributed by atoms with van der Waals surface area (Å²) >= 11 is 0. The van der Waals surface area contributed by atoms with E-state index < -0.39 is 0 Å². The zero-order valence-corrected chi connectivity index (χ0v) is 22.5. The highest BCUT2D eigenvalue weighted by Gasteiger charge is 2.24. The van der Waals surface area contributed by atoms with Gasteiger partial charge >= 0.3 is 0 Å². The molecule has 2 saturated heterocycles. The Hall–Kier alpha value is -4.17. The lowest BCUT2D eigenvalue weighted by Crippen LogP contribution is -2.36. The molecule has 0 spiro atoms. The van der Waals surface area contributed by atoms with Gasteiger partial charge in [-0.25, -0.2) is 4.98 Å². The number of imidazole rings is 1. The van der Waals surface area contributed by atoms with Crippen molar-refractivity contribution in [2.75, 3.05) is 44.9 Å². The average molecular weight is 524 g/mol. The SMILES string of the molecule is COc1cc(/C=C2\CCCN(Cc3ccc4cc(N5CCOCC5)ccc4n3)C2=O)ccc1-n1cnc(C)c1. The number of pyridine rings is 1. The van der Waals surface area contributed by atoms with E-state index in [1.54, 1.807) is 13.4 Å².